The standard InChI is InChI=1S/C27H51N3O6S/c1-4-5-6-7-8-9-10-11-12-13-14-15-16-17-25(33)28-18-19-37-21-24(29-22(2)32)26(34)30-23(20-31)27(35)36-3/h23-24,31H,4-21H2,1-3H3,(H,28,33)(H,29,32)(H,30,34)/t23?,24-/m0/s1. The van der Waals surface area contributed by atoms with E-state index in [0.29, 0.717) is 18.7 Å². The Morgan fingerprint density at radius 1 is 0.811 bits per heavy atom. The van der Waals surface area contributed by atoms with Gasteiger partial charge in [0.1, 0.15) is 6.04 Å². The van der Waals surface area contributed by atoms with Gasteiger partial charge in [0.2, 0.25) is 17.7 Å². The third kappa shape index (κ3) is 20.9. The Morgan fingerprint density at radius 3 is 1.84 bits per heavy atom. The minimum Gasteiger partial charge on any atom is -0.467 e. The van der Waals surface area contributed by atoms with Crippen LogP contribution in [0.2, 0.25) is 0 Å². The molecule has 37 heavy (non-hydrogen) atoms. The lowest BCUT2D eigenvalue weighted by atomic mass is 10.0. The first kappa shape index (κ1) is 35.2. The van der Waals surface area contributed by atoms with Crippen molar-refractivity contribution < 1.29 is 29.0 Å². The lowest BCUT2D eigenvalue weighted by Gasteiger charge is -2.20. The number of aliphatic hydroxyl groups excluding tert-OH is 1. The van der Waals surface area contributed by atoms with Crippen molar-refractivity contribution in [1.82, 2.24) is 16.0 Å². The van der Waals surface area contributed by atoms with Gasteiger partial charge in [0.15, 0.2) is 6.04 Å². The average molecular weight is 546 g/mol. The van der Waals surface area contributed by atoms with Crippen LogP contribution in [0.25, 0.3) is 0 Å². The fourth-order valence-corrected chi connectivity index (χ4v) is 4.76. The van der Waals surface area contributed by atoms with Crippen LogP contribution in [0, 0.1) is 0 Å². The van der Waals surface area contributed by atoms with Gasteiger partial charge in [0, 0.05) is 31.4 Å². The summed E-state index contributed by atoms with van der Waals surface area (Å²) in [6.07, 6.45) is 17.1. The largest absolute Gasteiger partial charge is 0.467 e. The molecule has 0 aromatic rings. The molecule has 0 rings (SSSR count). The number of rotatable bonds is 24. The topological polar surface area (TPSA) is 134 Å². The van der Waals surface area contributed by atoms with Crippen LogP contribution < -0.4 is 16.0 Å². The van der Waals surface area contributed by atoms with Crippen molar-refractivity contribution in [2.24, 2.45) is 0 Å². The number of amides is 3. The first-order valence-corrected chi connectivity index (χ1v) is 15.1. The fourth-order valence-electron chi connectivity index (χ4n) is 3.88. The summed E-state index contributed by atoms with van der Waals surface area (Å²) >= 11 is 1.40. The summed E-state index contributed by atoms with van der Waals surface area (Å²) in [4.78, 5) is 47.5. The molecule has 0 aliphatic carbocycles. The monoisotopic (exact) mass is 545 g/mol. The second kappa shape index (κ2) is 24.5. The molecule has 9 nitrogen and oxygen atoms in total. The van der Waals surface area contributed by atoms with E-state index in [2.05, 4.69) is 27.6 Å². The average Bonchev–Trinajstić information content (AvgIpc) is 2.88. The molecule has 1 unspecified atom stereocenters. The maximum atomic E-state index is 12.4. The lowest BCUT2D eigenvalue weighted by Crippen LogP contribution is -2.53. The van der Waals surface area contributed by atoms with E-state index < -0.39 is 30.6 Å². The number of esters is 1. The van der Waals surface area contributed by atoms with Crippen molar-refractivity contribution in [2.75, 3.05) is 31.8 Å². The van der Waals surface area contributed by atoms with Crippen molar-refractivity contribution in [3.63, 3.8) is 0 Å². The zero-order chi connectivity index (χ0) is 27.7. The zero-order valence-electron chi connectivity index (χ0n) is 23.3. The first-order chi connectivity index (χ1) is 17.8. The Kier molecular flexibility index (Phi) is 23.3. The van der Waals surface area contributed by atoms with Crippen molar-refractivity contribution in [2.45, 2.75) is 116 Å². The molecule has 0 saturated heterocycles. The van der Waals surface area contributed by atoms with Crippen LogP contribution in [0.4, 0.5) is 0 Å². The Labute approximate surface area is 228 Å². The highest BCUT2D eigenvalue weighted by Gasteiger charge is 2.26. The molecule has 0 fully saturated rings. The van der Waals surface area contributed by atoms with Gasteiger partial charge in [0.25, 0.3) is 0 Å². The number of aliphatic hydroxyl groups is 1. The molecule has 4 N–H and O–H groups in total. The maximum absolute atomic E-state index is 12.4. The highest BCUT2D eigenvalue weighted by atomic mass is 32.2. The molecule has 216 valence electrons. The van der Waals surface area contributed by atoms with Crippen LogP contribution in [0.1, 0.15) is 104 Å². The molecule has 0 spiro atoms. The summed E-state index contributed by atoms with van der Waals surface area (Å²) in [6.45, 7) is 3.41. The minimum absolute atomic E-state index is 0.0312. The van der Waals surface area contributed by atoms with Gasteiger partial charge < -0.3 is 25.8 Å². The molecule has 0 saturated carbocycles. The molecule has 10 heteroatoms. The van der Waals surface area contributed by atoms with E-state index in [4.69, 9.17) is 0 Å². The highest BCUT2D eigenvalue weighted by molar-refractivity contribution is 7.99. The van der Waals surface area contributed by atoms with E-state index in [1.165, 1.54) is 89.3 Å². The van der Waals surface area contributed by atoms with E-state index >= 15 is 0 Å². The fraction of sp³-hybridized carbons (Fsp3) is 0.852. The zero-order valence-corrected chi connectivity index (χ0v) is 24.1. The number of thioether (sulfide) groups is 1. The molecule has 0 radical (unpaired) electrons. The highest BCUT2D eigenvalue weighted by Crippen LogP contribution is 2.13. The second-order valence-corrected chi connectivity index (χ2v) is 10.6. The Hall–Kier alpha value is -1.81. The van der Waals surface area contributed by atoms with Gasteiger partial charge in [-0.1, -0.05) is 84.0 Å². The van der Waals surface area contributed by atoms with Gasteiger partial charge in [-0.15, -0.1) is 0 Å². The van der Waals surface area contributed by atoms with E-state index in [1.54, 1.807) is 0 Å². The number of methoxy groups -OCH3 is 1. The molecular weight excluding hydrogens is 494 g/mol. The normalized spacial score (nSPS) is 12.4. The SMILES string of the molecule is CCCCCCCCCCCCCCCC(=O)NCCSC[C@H](NC(C)=O)C(=O)NC(CO)C(=O)OC. The van der Waals surface area contributed by atoms with Gasteiger partial charge >= 0.3 is 5.97 Å². The van der Waals surface area contributed by atoms with Gasteiger partial charge in [-0.25, -0.2) is 4.79 Å². The number of ether oxygens (including phenoxy) is 1. The van der Waals surface area contributed by atoms with Crippen molar-refractivity contribution in [1.29, 1.82) is 0 Å². The van der Waals surface area contributed by atoms with Gasteiger partial charge in [-0.3, -0.25) is 14.4 Å². The van der Waals surface area contributed by atoms with Crippen LogP contribution in [-0.2, 0) is 23.9 Å². The summed E-state index contributed by atoms with van der Waals surface area (Å²) in [5.74, 6) is -0.864. The van der Waals surface area contributed by atoms with E-state index in [1.807, 2.05) is 0 Å². The molecule has 0 aromatic carbocycles. The molecule has 2 atom stereocenters. The van der Waals surface area contributed by atoms with Gasteiger partial charge in [0.05, 0.1) is 13.7 Å². The summed E-state index contributed by atoms with van der Waals surface area (Å²) in [6, 6.07) is -2.06. The van der Waals surface area contributed by atoms with Gasteiger partial charge in [-0.05, 0) is 6.42 Å². The number of carbonyl (C=O) groups is 4. The number of carbonyl (C=O) groups excluding carboxylic acids is 4. The third-order valence-corrected chi connectivity index (χ3v) is 7.10. The number of unbranched alkanes of at least 4 members (excludes halogenated alkanes) is 12. The lowest BCUT2D eigenvalue weighted by molar-refractivity contribution is -0.146. The van der Waals surface area contributed by atoms with Crippen molar-refractivity contribution >= 4 is 35.5 Å². The quantitative estimate of drug-likeness (QED) is 0.108. The number of hydrogen-bond acceptors (Lipinski definition) is 7. The van der Waals surface area contributed by atoms with Crippen LogP contribution in [0.15, 0.2) is 0 Å². The van der Waals surface area contributed by atoms with E-state index in [-0.39, 0.29) is 17.6 Å². The van der Waals surface area contributed by atoms with Crippen LogP contribution in [-0.4, -0.2) is 72.6 Å². The molecular formula is C27H51N3O6S. The number of nitrogens with one attached hydrogen (secondary N) is 3. The van der Waals surface area contributed by atoms with Crippen molar-refractivity contribution in [3.8, 4) is 0 Å². The van der Waals surface area contributed by atoms with Crippen LogP contribution >= 0.6 is 11.8 Å². The predicted molar refractivity (Wildman–Crippen MR) is 149 cm³/mol. The predicted octanol–water partition coefficient (Wildman–Crippen LogP) is 3.47. The molecule has 0 aromatic heterocycles. The Balaban J connectivity index is 3.86. The molecule has 3 amide bonds. The van der Waals surface area contributed by atoms with E-state index in [9.17, 15) is 24.3 Å². The molecule has 0 heterocycles. The van der Waals surface area contributed by atoms with Crippen LogP contribution in [0.5, 0.6) is 0 Å². The first-order valence-electron chi connectivity index (χ1n) is 14.0. The van der Waals surface area contributed by atoms with Crippen molar-refractivity contribution in [3.05, 3.63) is 0 Å². The third-order valence-electron chi connectivity index (χ3n) is 6.04. The van der Waals surface area contributed by atoms with Crippen LogP contribution in [0.3, 0.4) is 0 Å². The summed E-state index contributed by atoms with van der Waals surface area (Å²) in [5.41, 5.74) is 0. The second-order valence-electron chi connectivity index (χ2n) is 9.44. The van der Waals surface area contributed by atoms with E-state index in [0.717, 1.165) is 20.0 Å². The smallest absolute Gasteiger partial charge is 0.330 e. The Morgan fingerprint density at radius 2 is 1.35 bits per heavy atom. The number of hydrogen-bond donors (Lipinski definition) is 4. The summed E-state index contributed by atoms with van der Waals surface area (Å²) in [5, 5.41) is 17.1. The molecule has 0 aliphatic rings. The Bertz CT molecular complexity index is 635. The molecule has 0 bridgehead atoms. The van der Waals surface area contributed by atoms with Gasteiger partial charge in [-0.2, -0.15) is 11.8 Å². The summed E-state index contributed by atoms with van der Waals surface area (Å²) < 4.78 is 4.53. The minimum atomic E-state index is -1.19. The molecule has 0 aliphatic heterocycles. The summed E-state index contributed by atoms with van der Waals surface area (Å²) in [7, 11) is 1.16. The maximum Gasteiger partial charge on any atom is 0.330 e.